The molecule has 2 atom stereocenters. The fourth-order valence-electron chi connectivity index (χ4n) is 2.80. The van der Waals surface area contributed by atoms with Crippen LogP contribution in [0.25, 0.3) is 0 Å². The minimum Gasteiger partial charge on any atom is -0.396 e. The number of unbranched alkanes of at least 4 members (excludes halogenated alkanes) is 2. The van der Waals surface area contributed by atoms with Gasteiger partial charge in [0.15, 0.2) is 0 Å². The van der Waals surface area contributed by atoms with Gasteiger partial charge in [0.1, 0.15) is 0 Å². The maximum Gasteiger partial charge on any atom is 0.0527 e. The third-order valence-electron chi connectivity index (χ3n) is 3.72. The van der Waals surface area contributed by atoms with Crippen molar-refractivity contribution in [3.05, 3.63) is 0 Å². The lowest BCUT2D eigenvalue weighted by Crippen LogP contribution is -2.37. The Morgan fingerprint density at radius 2 is 2.00 bits per heavy atom. The number of hydrogen-bond donors (Lipinski definition) is 2. The van der Waals surface area contributed by atoms with Crippen molar-refractivity contribution in [3.8, 4) is 0 Å². The van der Waals surface area contributed by atoms with Crippen molar-refractivity contribution in [1.29, 1.82) is 0 Å². The van der Waals surface area contributed by atoms with Crippen LogP contribution in [0.15, 0.2) is 0 Å². The van der Waals surface area contributed by atoms with Gasteiger partial charge in [-0.3, -0.25) is 0 Å². The van der Waals surface area contributed by atoms with Gasteiger partial charge in [-0.15, -0.1) is 0 Å². The summed E-state index contributed by atoms with van der Waals surface area (Å²) < 4.78 is 0. The second-order valence-corrected chi connectivity index (χ2v) is 5.41. The molecule has 0 aromatic carbocycles. The van der Waals surface area contributed by atoms with Gasteiger partial charge < -0.3 is 15.1 Å². The van der Waals surface area contributed by atoms with E-state index in [0.717, 1.165) is 25.8 Å². The van der Waals surface area contributed by atoms with Crippen LogP contribution in [0.3, 0.4) is 0 Å². The Morgan fingerprint density at radius 3 is 2.71 bits per heavy atom. The van der Waals surface area contributed by atoms with E-state index in [1.54, 1.807) is 0 Å². The van der Waals surface area contributed by atoms with Crippen LogP contribution in [0.4, 0.5) is 0 Å². The molecular formula is C14H29NO2. The minimum absolute atomic E-state index is 0.182. The Bertz CT molecular complexity index is 185. The number of likely N-dealkylation sites (tertiary alicyclic amines) is 1. The Hall–Kier alpha value is -0.120. The molecule has 0 bridgehead atoms. The van der Waals surface area contributed by atoms with E-state index in [0.29, 0.717) is 12.6 Å². The average molecular weight is 243 g/mol. The SMILES string of the molecule is CC(O)CC1CCCCCN1CCCCCO. The van der Waals surface area contributed by atoms with Crippen molar-refractivity contribution in [1.82, 2.24) is 4.90 Å². The Morgan fingerprint density at radius 1 is 1.18 bits per heavy atom. The number of nitrogens with zero attached hydrogens (tertiary/aromatic N) is 1. The van der Waals surface area contributed by atoms with Crippen LogP contribution in [0.5, 0.6) is 0 Å². The summed E-state index contributed by atoms with van der Waals surface area (Å²) in [5.74, 6) is 0. The predicted molar refractivity (Wildman–Crippen MR) is 71.1 cm³/mol. The van der Waals surface area contributed by atoms with Crippen LogP contribution in [0, 0.1) is 0 Å². The molecule has 1 aliphatic heterocycles. The smallest absolute Gasteiger partial charge is 0.0527 e. The molecule has 0 aliphatic carbocycles. The molecule has 102 valence electrons. The van der Waals surface area contributed by atoms with E-state index >= 15 is 0 Å². The fourth-order valence-corrected chi connectivity index (χ4v) is 2.80. The van der Waals surface area contributed by atoms with E-state index in [2.05, 4.69) is 4.90 Å². The van der Waals surface area contributed by atoms with E-state index in [-0.39, 0.29) is 6.10 Å². The summed E-state index contributed by atoms with van der Waals surface area (Å²) in [5.41, 5.74) is 0. The maximum atomic E-state index is 9.56. The highest BCUT2D eigenvalue weighted by atomic mass is 16.3. The lowest BCUT2D eigenvalue weighted by molar-refractivity contribution is 0.111. The Labute approximate surface area is 106 Å². The highest BCUT2D eigenvalue weighted by molar-refractivity contribution is 4.77. The maximum absolute atomic E-state index is 9.56. The standard InChI is InChI=1S/C14H29NO2/c1-13(17)12-14-8-4-2-5-9-15(14)10-6-3-7-11-16/h13-14,16-17H,2-12H2,1H3. The summed E-state index contributed by atoms with van der Waals surface area (Å²) in [6, 6.07) is 0.576. The zero-order valence-electron chi connectivity index (χ0n) is 11.3. The number of aliphatic hydroxyl groups excluding tert-OH is 2. The highest BCUT2D eigenvalue weighted by Crippen LogP contribution is 2.21. The van der Waals surface area contributed by atoms with Crippen molar-refractivity contribution in [2.24, 2.45) is 0 Å². The van der Waals surface area contributed by atoms with Crippen molar-refractivity contribution in [2.45, 2.75) is 70.4 Å². The lowest BCUT2D eigenvalue weighted by Gasteiger charge is -2.30. The van der Waals surface area contributed by atoms with Crippen LogP contribution in [0.2, 0.25) is 0 Å². The van der Waals surface area contributed by atoms with E-state index < -0.39 is 0 Å². The normalized spacial score (nSPS) is 24.5. The number of rotatable bonds is 7. The molecule has 1 heterocycles. The van der Waals surface area contributed by atoms with Gasteiger partial charge in [-0.05, 0) is 58.5 Å². The fraction of sp³-hybridized carbons (Fsp3) is 1.00. The molecule has 0 aromatic heterocycles. The Balaban J connectivity index is 2.33. The molecule has 2 N–H and O–H groups in total. The van der Waals surface area contributed by atoms with E-state index in [9.17, 15) is 5.11 Å². The van der Waals surface area contributed by atoms with Gasteiger partial charge >= 0.3 is 0 Å². The van der Waals surface area contributed by atoms with Crippen molar-refractivity contribution >= 4 is 0 Å². The van der Waals surface area contributed by atoms with E-state index in [4.69, 9.17) is 5.11 Å². The molecule has 0 radical (unpaired) electrons. The van der Waals surface area contributed by atoms with Crippen molar-refractivity contribution < 1.29 is 10.2 Å². The topological polar surface area (TPSA) is 43.7 Å². The lowest BCUT2D eigenvalue weighted by atomic mass is 10.0. The molecule has 0 amide bonds. The summed E-state index contributed by atoms with van der Waals surface area (Å²) in [4.78, 5) is 2.57. The molecule has 3 nitrogen and oxygen atoms in total. The first-order valence-electron chi connectivity index (χ1n) is 7.27. The second kappa shape index (κ2) is 8.90. The van der Waals surface area contributed by atoms with Gasteiger partial charge in [-0.2, -0.15) is 0 Å². The highest BCUT2D eigenvalue weighted by Gasteiger charge is 2.21. The largest absolute Gasteiger partial charge is 0.396 e. The Kier molecular flexibility index (Phi) is 7.82. The summed E-state index contributed by atoms with van der Waals surface area (Å²) in [6.45, 7) is 4.54. The van der Waals surface area contributed by atoms with Crippen LogP contribution < -0.4 is 0 Å². The minimum atomic E-state index is -0.182. The molecule has 0 saturated carbocycles. The number of aliphatic hydroxyl groups is 2. The molecule has 1 aliphatic rings. The molecule has 1 rings (SSSR count). The molecule has 1 fully saturated rings. The van der Waals surface area contributed by atoms with Crippen LogP contribution >= 0.6 is 0 Å². The van der Waals surface area contributed by atoms with Gasteiger partial charge in [0.25, 0.3) is 0 Å². The van der Waals surface area contributed by atoms with Crippen LogP contribution in [0.1, 0.15) is 58.3 Å². The predicted octanol–water partition coefficient (Wildman–Crippen LogP) is 2.16. The van der Waals surface area contributed by atoms with Gasteiger partial charge in [0.05, 0.1) is 6.10 Å². The van der Waals surface area contributed by atoms with Crippen molar-refractivity contribution in [2.75, 3.05) is 19.7 Å². The molecule has 1 saturated heterocycles. The van der Waals surface area contributed by atoms with Gasteiger partial charge in [-0.1, -0.05) is 12.8 Å². The monoisotopic (exact) mass is 243 g/mol. The summed E-state index contributed by atoms with van der Waals surface area (Å²) >= 11 is 0. The van der Waals surface area contributed by atoms with E-state index in [1.807, 2.05) is 6.92 Å². The quantitative estimate of drug-likeness (QED) is 0.674. The molecule has 3 heteroatoms. The van der Waals surface area contributed by atoms with Crippen molar-refractivity contribution in [3.63, 3.8) is 0 Å². The molecule has 2 unspecified atom stereocenters. The summed E-state index contributed by atoms with van der Waals surface area (Å²) in [7, 11) is 0. The average Bonchev–Trinajstić information content (AvgIpc) is 2.50. The van der Waals surface area contributed by atoms with Gasteiger partial charge in [-0.25, -0.2) is 0 Å². The molecule has 17 heavy (non-hydrogen) atoms. The first-order valence-corrected chi connectivity index (χ1v) is 7.27. The third kappa shape index (κ3) is 6.39. The zero-order chi connectivity index (χ0) is 12.5. The van der Waals surface area contributed by atoms with Gasteiger partial charge in [0, 0.05) is 12.6 Å². The second-order valence-electron chi connectivity index (χ2n) is 5.41. The summed E-state index contributed by atoms with van der Waals surface area (Å²) in [6.07, 6.45) is 9.15. The van der Waals surface area contributed by atoms with Gasteiger partial charge in [0.2, 0.25) is 0 Å². The molecular weight excluding hydrogens is 214 g/mol. The summed E-state index contributed by atoms with van der Waals surface area (Å²) in [5, 5.41) is 18.3. The van der Waals surface area contributed by atoms with Crippen LogP contribution in [-0.4, -0.2) is 47.0 Å². The molecule has 0 spiro atoms. The first-order chi connectivity index (χ1) is 8.24. The first kappa shape index (κ1) is 14.9. The van der Waals surface area contributed by atoms with E-state index in [1.165, 1.54) is 38.6 Å². The van der Waals surface area contributed by atoms with Crippen LogP contribution in [-0.2, 0) is 0 Å². The zero-order valence-corrected chi connectivity index (χ0v) is 11.3. The number of hydrogen-bond acceptors (Lipinski definition) is 3. The molecule has 0 aromatic rings. The third-order valence-corrected chi connectivity index (χ3v) is 3.72.